The summed E-state index contributed by atoms with van der Waals surface area (Å²) >= 11 is 0. The molecule has 0 amide bonds. The van der Waals surface area contributed by atoms with E-state index in [1.54, 1.807) is 4.57 Å². The largest absolute Gasteiger partial charge is 0.294 e. The van der Waals surface area contributed by atoms with E-state index in [0.29, 0.717) is 18.8 Å². The number of nitro benzene ring substituents is 1. The van der Waals surface area contributed by atoms with Gasteiger partial charge in [0.1, 0.15) is 12.0 Å². The highest BCUT2D eigenvalue weighted by Gasteiger charge is 2.29. The van der Waals surface area contributed by atoms with Gasteiger partial charge in [-0.25, -0.2) is 13.4 Å². The Hall–Kier alpha value is -2.78. The van der Waals surface area contributed by atoms with Gasteiger partial charge in [-0.05, 0) is 62.1 Å². The molecule has 0 saturated carbocycles. The Bertz CT molecular complexity index is 1210. The Balaban J connectivity index is 1.84. The monoisotopic (exact) mass is 414 g/mol. The Morgan fingerprint density at radius 1 is 1.03 bits per heavy atom. The zero-order valence-corrected chi connectivity index (χ0v) is 17.1. The van der Waals surface area contributed by atoms with Gasteiger partial charge < -0.3 is 0 Å². The molecule has 0 spiro atoms. The van der Waals surface area contributed by atoms with Crippen LogP contribution in [0.3, 0.4) is 0 Å². The number of aromatic nitrogens is 2. The van der Waals surface area contributed by atoms with E-state index in [1.807, 2.05) is 26.0 Å². The van der Waals surface area contributed by atoms with E-state index in [-0.39, 0.29) is 10.6 Å². The molecule has 4 rings (SSSR count). The second kappa shape index (κ2) is 7.23. The summed E-state index contributed by atoms with van der Waals surface area (Å²) in [5, 5.41) is 11.8. The summed E-state index contributed by atoms with van der Waals surface area (Å²) in [6, 6.07) is 7.96. The lowest BCUT2D eigenvalue weighted by atomic mass is 10.1. The number of nitro groups is 1. The quantitative estimate of drug-likeness (QED) is 0.479. The van der Waals surface area contributed by atoms with E-state index in [2.05, 4.69) is 4.98 Å². The van der Waals surface area contributed by atoms with E-state index in [9.17, 15) is 18.5 Å². The van der Waals surface area contributed by atoms with Gasteiger partial charge in [0.2, 0.25) is 10.0 Å². The van der Waals surface area contributed by atoms with Crippen LogP contribution in [0.2, 0.25) is 0 Å². The minimum atomic E-state index is -3.75. The third-order valence-electron chi connectivity index (χ3n) is 5.52. The predicted molar refractivity (Wildman–Crippen MR) is 110 cm³/mol. The minimum absolute atomic E-state index is 0.0497. The molecule has 0 bridgehead atoms. The number of hydrogen-bond acceptors (Lipinski definition) is 5. The number of nitrogens with zero attached hydrogens (tertiary/aromatic N) is 4. The number of benzene rings is 2. The van der Waals surface area contributed by atoms with Crippen molar-refractivity contribution in [3.05, 3.63) is 57.9 Å². The maximum atomic E-state index is 12.9. The molecule has 0 N–H and O–H groups in total. The van der Waals surface area contributed by atoms with Crippen LogP contribution >= 0.6 is 0 Å². The zero-order chi connectivity index (χ0) is 20.8. The molecule has 0 atom stereocenters. The molecule has 1 fully saturated rings. The first-order chi connectivity index (χ1) is 13.8. The molecular formula is C20H22N4O4S. The fourth-order valence-electron chi connectivity index (χ4n) is 3.72. The van der Waals surface area contributed by atoms with Crippen LogP contribution in [0.1, 0.15) is 30.4 Å². The van der Waals surface area contributed by atoms with E-state index in [4.69, 9.17) is 0 Å². The second-order valence-corrected chi connectivity index (χ2v) is 9.35. The third kappa shape index (κ3) is 3.40. The molecule has 1 saturated heterocycles. The standard InChI is InChI=1S/C20H22N4O4S/c1-14-10-17-19(11-15(14)2)23(13-21-17)18-7-6-16(12-20(18)24(25)26)29(27,28)22-8-4-3-5-9-22/h6-7,10-13H,3-5,8-9H2,1-2H3. The van der Waals surface area contributed by atoms with Crippen LogP contribution in [0.15, 0.2) is 41.6 Å². The lowest BCUT2D eigenvalue weighted by Crippen LogP contribution is -2.35. The summed E-state index contributed by atoms with van der Waals surface area (Å²) in [4.78, 5) is 15.6. The van der Waals surface area contributed by atoms with E-state index < -0.39 is 14.9 Å². The van der Waals surface area contributed by atoms with Crippen LogP contribution in [-0.2, 0) is 10.0 Å². The summed E-state index contributed by atoms with van der Waals surface area (Å²) in [5.74, 6) is 0. The average molecular weight is 414 g/mol. The molecule has 9 heteroatoms. The van der Waals surface area contributed by atoms with Gasteiger partial charge in [-0.15, -0.1) is 0 Å². The maximum absolute atomic E-state index is 12.9. The third-order valence-corrected chi connectivity index (χ3v) is 7.41. The maximum Gasteiger partial charge on any atom is 0.294 e. The number of rotatable bonds is 4. The molecule has 152 valence electrons. The lowest BCUT2D eigenvalue weighted by Gasteiger charge is -2.25. The number of sulfonamides is 1. The second-order valence-electron chi connectivity index (χ2n) is 7.41. The molecule has 2 heterocycles. The average Bonchev–Trinajstić information content (AvgIpc) is 3.10. The summed E-state index contributed by atoms with van der Waals surface area (Å²) in [5.41, 5.74) is 3.63. The summed E-state index contributed by atoms with van der Waals surface area (Å²) in [7, 11) is -3.75. The highest BCUT2D eigenvalue weighted by molar-refractivity contribution is 7.89. The Kier molecular flexibility index (Phi) is 4.87. The number of aryl methyl sites for hydroxylation is 2. The van der Waals surface area contributed by atoms with E-state index in [1.165, 1.54) is 22.8 Å². The molecule has 1 aromatic heterocycles. The number of piperidine rings is 1. The smallest absolute Gasteiger partial charge is 0.293 e. The summed E-state index contributed by atoms with van der Waals surface area (Å²) in [6.45, 7) is 4.84. The van der Waals surface area contributed by atoms with Gasteiger partial charge >= 0.3 is 0 Å². The van der Waals surface area contributed by atoms with Gasteiger partial charge in [0.15, 0.2) is 0 Å². The molecule has 1 aliphatic rings. The molecule has 2 aromatic carbocycles. The Morgan fingerprint density at radius 3 is 2.41 bits per heavy atom. The van der Waals surface area contributed by atoms with Gasteiger partial charge in [0.25, 0.3) is 5.69 Å². The molecule has 29 heavy (non-hydrogen) atoms. The topological polar surface area (TPSA) is 98.3 Å². The van der Waals surface area contributed by atoms with Crippen LogP contribution in [0.5, 0.6) is 0 Å². The number of imidazole rings is 1. The summed E-state index contributed by atoms with van der Waals surface area (Å²) < 4.78 is 28.9. The number of hydrogen-bond donors (Lipinski definition) is 0. The van der Waals surface area contributed by atoms with Crippen molar-refractivity contribution >= 4 is 26.7 Å². The SMILES string of the molecule is Cc1cc2ncn(-c3ccc(S(=O)(=O)N4CCCCC4)cc3[N+](=O)[O-])c2cc1C. The molecule has 1 aliphatic heterocycles. The van der Waals surface area contributed by atoms with Crippen LogP contribution in [0, 0.1) is 24.0 Å². The van der Waals surface area contributed by atoms with Crippen molar-refractivity contribution in [3.8, 4) is 5.69 Å². The van der Waals surface area contributed by atoms with Crippen molar-refractivity contribution in [2.24, 2.45) is 0 Å². The highest BCUT2D eigenvalue weighted by atomic mass is 32.2. The first-order valence-corrected chi connectivity index (χ1v) is 11.0. The van der Waals surface area contributed by atoms with Gasteiger partial charge in [0, 0.05) is 19.2 Å². The first kappa shape index (κ1) is 19.5. The van der Waals surface area contributed by atoms with Gasteiger partial charge in [-0.1, -0.05) is 6.42 Å². The fraction of sp³-hybridized carbons (Fsp3) is 0.350. The molecule has 0 aliphatic carbocycles. The zero-order valence-electron chi connectivity index (χ0n) is 16.3. The molecule has 0 radical (unpaired) electrons. The first-order valence-electron chi connectivity index (χ1n) is 9.52. The van der Waals surface area contributed by atoms with Crippen LogP contribution in [-0.4, -0.2) is 40.3 Å². The Morgan fingerprint density at radius 2 is 1.72 bits per heavy atom. The van der Waals surface area contributed by atoms with Gasteiger partial charge in [0.05, 0.1) is 20.9 Å². The normalized spacial score (nSPS) is 15.7. The molecule has 3 aromatic rings. The molecular weight excluding hydrogens is 392 g/mol. The number of fused-ring (bicyclic) bond motifs is 1. The van der Waals surface area contributed by atoms with Crippen molar-refractivity contribution in [2.45, 2.75) is 38.0 Å². The fourth-order valence-corrected chi connectivity index (χ4v) is 5.26. The van der Waals surface area contributed by atoms with Crippen molar-refractivity contribution in [1.29, 1.82) is 0 Å². The van der Waals surface area contributed by atoms with Crippen molar-refractivity contribution in [1.82, 2.24) is 13.9 Å². The minimum Gasteiger partial charge on any atom is -0.293 e. The van der Waals surface area contributed by atoms with Crippen LogP contribution in [0.4, 0.5) is 5.69 Å². The van der Waals surface area contributed by atoms with Crippen LogP contribution < -0.4 is 0 Å². The van der Waals surface area contributed by atoms with Gasteiger partial charge in [-0.2, -0.15) is 4.31 Å². The highest BCUT2D eigenvalue weighted by Crippen LogP contribution is 2.31. The predicted octanol–water partition coefficient (Wildman–Crippen LogP) is 3.73. The van der Waals surface area contributed by atoms with Crippen molar-refractivity contribution in [2.75, 3.05) is 13.1 Å². The lowest BCUT2D eigenvalue weighted by molar-refractivity contribution is -0.384. The van der Waals surface area contributed by atoms with Crippen LogP contribution in [0.25, 0.3) is 16.7 Å². The van der Waals surface area contributed by atoms with Crippen molar-refractivity contribution in [3.63, 3.8) is 0 Å². The van der Waals surface area contributed by atoms with E-state index in [0.717, 1.165) is 47.5 Å². The summed E-state index contributed by atoms with van der Waals surface area (Å²) in [6.07, 6.45) is 4.14. The molecule has 0 unspecified atom stereocenters. The van der Waals surface area contributed by atoms with Crippen molar-refractivity contribution < 1.29 is 13.3 Å². The Labute approximate surface area is 169 Å². The van der Waals surface area contributed by atoms with Gasteiger partial charge in [-0.3, -0.25) is 14.7 Å². The molecule has 8 nitrogen and oxygen atoms in total. The van der Waals surface area contributed by atoms with E-state index >= 15 is 0 Å².